The second-order valence-corrected chi connectivity index (χ2v) is 4.57. The summed E-state index contributed by atoms with van der Waals surface area (Å²) in [6, 6.07) is 5.01. The predicted octanol–water partition coefficient (Wildman–Crippen LogP) is 2.80. The summed E-state index contributed by atoms with van der Waals surface area (Å²) in [5.41, 5.74) is 1.31. The Bertz CT molecular complexity index is 696. The molecule has 0 saturated heterocycles. The number of amides is 1. The van der Waals surface area contributed by atoms with E-state index in [-0.39, 0.29) is 11.6 Å². The van der Waals surface area contributed by atoms with Crippen LogP contribution in [0.2, 0.25) is 0 Å². The summed E-state index contributed by atoms with van der Waals surface area (Å²) in [6.45, 7) is 9.11. The average Bonchev–Trinajstić information content (AvgIpc) is 2.57. The summed E-state index contributed by atoms with van der Waals surface area (Å²) in [5, 5.41) is 12.0. The first kappa shape index (κ1) is 17.9. The van der Waals surface area contributed by atoms with Crippen molar-refractivity contribution in [3.63, 3.8) is 0 Å². The molecule has 0 bridgehead atoms. The fraction of sp³-hybridized carbons (Fsp3) is 0.167. The summed E-state index contributed by atoms with van der Waals surface area (Å²) in [4.78, 5) is 16.3. The van der Waals surface area contributed by atoms with Crippen LogP contribution >= 0.6 is 0 Å². The molecular weight excluding hydrogens is 290 g/mol. The molecule has 23 heavy (non-hydrogen) atoms. The average molecular weight is 309 g/mol. The molecule has 0 aliphatic carbocycles. The SMILES string of the molecule is C=C/C=C(\C=C)[C@H](C)NC(=O)/C(C#N)=C/c1cccnc1OC. The van der Waals surface area contributed by atoms with Gasteiger partial charge in [-0.2, -0.15) is 5.26 Å². The molecule has 1 heterocycles. The van der Waals surface area contributed by atoms with Gasteiger partial charge in [0.05, 0.1) is 13.2 Å². The van der Waals surface area contributed by atoms with E-state index in [4.69, 9.17) is 4.74 Å². The van der Waals surface area contributed by atoms with Crippen LogP contribution in [0.1, 0.15) is 12.5 Å². The molecule has 0 aliphatic rings. The summed E-state index contributed by atoms with van der Waals surface area (Å²) >= 11 is 0. The number of allylic oxidation sites excluding steroid dienone is 2. The number of pyridine rings is 1. The van der Waals surface area contributed by atoms with Gasteiger partial charge in [-0.15, -0.1) is 0 Å². The van der Waals surface area contributed by atoms with Crippen LogP contribution in [0, 0.1) is 11.3 Å². The van der Waals surface area contributed by atoms with Gasteiger partial charge in [0.1, 0.15) is 11.6 Å². The Kier molecular flexibility index (Phi) is 7.02. The van der Waals surface area contributed by atoms with Gasteiger partial charge in [0.25, 0.3) is 5.91 Å². The zero-order valence-electron chi connectivity index (χ0n) is 13.2. The lowest BCUT2D eigenvalue weighted by Gasteiger charge is -2.14. The second-order valence-electron chi connectivity index (χ2n) is 4.57. The Hall–Kier alpha value is -3.13. The van der Waals surface area contributed by atoms with Gasteiger partial charge in [-0.05, 0) is 30.7 Å². The number of methoxy groups -OCH3 is 1. The number of carbonyl (C=O) groups is 1. The van der Waals surface area contributed by atoms with E-state index < -0.39 is 5.91 Å². The number of ether oxygens (including phenoxy) is 1. The first-order chi connectivity index (χ1) is 11.1. The van der Waals surface area contributed by atoms with Gasteiger partial charge in [-0.1, -0.05) is 31.4 Å². The first-order valence-corrected chi connectivity index (χ1v) is 6.94. The number of nitrogens with one attached hydrogen (secondary N) is 1. The maximum atomic E-state index is 12.3. The Labute approximate surface area is 136 Å². The van der Waals surface area contributed by atoms with Crippen LogP contribution in [-0.4, -0.2) is 24.0 Å². The fourth-order valence-electron chi connectivity index (χ4n) is 1.87. The van der Waals surface area contributed by atoms with Crippen molar-refractivity contribution < 1.29 is 9.53 Å². The van der Waals surface area contributed by atoms with Crippen molar-refractivity contribution in [2.45, 2.75) is 13.0 Å². The van der Waals surface area contributed by atoms with E-state index in [1.807, 2.05) is 6.07 Å². The predicted molar refractivity (Wildman–Crippen MR) is 90.5 cm³/mol. The number of aromatic nitrogens is 1. The van der Waals surface area contributed by atoms with Gasteiger partial charge in [0.15, 0.2) is 0 Å². The van der Waals surface area contributed by atoms with E-state index >= 15 is 0 Å². The minimum absolute atomic E-state index is 0.0369. The van der Waals surface area contributed by atoms with Crippen LogP contribution in [-0.2, 0) is 4.79 Å². The summed E-state index contributed by atoms with van der Waals surface area (Å²) in [7, 11) is 1.48. The van der Waals surface area contributed by atoms with E-state index in [9.17, 15) is 10.1 Å². The number of nitriles is 1. The van der Waals surface area contributed by atoms with Crippen molar-refractivity contribution in [1.82, 2.24) is 10.3 Å². The lowest BCUT2D eigenvalue weighted by molar-refractivity contribution is -0.117. The maximum Gasteiger partial charge on any atom is 0.262 e. The number of nitrogens with zero attached hydrogens (tertiary/aromatic N) is 2. The molecule has 1 atom stereocenters. The van der Waals surface area contributed by atoms with Gasteiger partial charge in [0, 0.05) is 11.8 Å². The topological polar surface area (TPSA) is 75.0 Å². The highest BCUT2D eigenvalue weighted by atomic mass is 16.5. The van der Waals surface area contributed by atoms with E-state index in [1.54, 1.807) is 43.5 Å². The zero-order chi connectivity index (χ0) is 17.2. The Balaban J connectivity index is 3.02. The highest BCUT2D eigenvalue weighted by Gasteiger charge is 2.15. The van der Waals surface area contributed by atoms with Crippen LogP contribution in [0.15, 0.2) is 60.9 Å². The summed E-state index contributed by atoms with van der Waals surface area (Å²) in [5.74, 6) is -0.137. The van der Waals surface area contributed by atoms with Gasteiger partial charge in [-0.3, -0.25) is 4.79 Å². The smallest absolute Gasteiger partial charge is 0.262 e. The van der Waals surface area contributed by atoms with E-state index in [0.29, 0.717) is 11.4 Å². The molecule has 0 radical (unpaired) electrons. The highest BCUT2D eigenvalue weighted by Crippen LogP contribution is 2.17. The van der Waals surface area contributed by atoms with Gasteiger partial charge >= 0.3 is 0 Å². The number of rotatable bonds is 7. The molecule has 0 saturated carbocycles. The third-order valence-electron chi connectivity index (χ3n) is 3.05. The normalized spacial score (nSPS) is 12.7. The standard InChI is InChI=1S/C18H19N3O2/c1-5-8-14(6-2)13(3)21-17(22)16(12-19)11-15-9-7-10-20-18(15)23-4/h5-11,13H,1-2H2,3-4H3,(H,21,22)/b14-8+,16-11+/t13-/m0/s1. The molecule has 0 aromatic carbocycles. The largest absolute Gasteiger partial charge is 0.481 e. The van der Waals surface area contributed by atoms with Crippen molar-refractivity contribution >= 4 is 12.0 Å². The third-order valence-corrected chi connectivity index (χ3v) is 3.05. The van der Waals surface area contributed by atoms with Crippen molar-refractivity contribution in [1.29, 1.82) is 5.26 Å². The molecule has 0 unspecified atom stereocenters. The Morgan fingerprint density at radius 2 is 2.26 bits per heavy atom. The number of hydrogen-bond donors (Lipinski definition) is 1. The second kappa shape index (κ2) is 9.00. The molecule has 1 aromatic heterocycles. The monoisotopic (exact) mass is 309 g/mol. The van der Waals surface area contributed by atoms with E-state index in [0.717, 1.165) is 5.57 Å². The summed E-state index contributed by atoms with van der Waals surface area (Å²) in [6.07, 6.45) is 8.01. The van der Waals surface area contributed by atoms with Crippen molar-refractivity contribution in [3.05, 3.63) is 66.4 Å². The van der Waals surface area contributed by atoms with Crippen LogP contribution in [0.25, 0.3) is 6.08 Å². The van der Waals surface area contributed by atoms with Crippen LogP contribution in [0.4, 0.5) is 0 Å². The quantitative estimate of drug-likeness (QED) is 0.477. The lowest BCUT2D eigenvalue weighted by Crippen LogP contribution is -2.34. The molecule has 0 spiro atoms. The fourth-order valence-corrected chi connectivity index (χ4v) is 1.87. The van der Waals surface area contributed by atoms with Gasteiger partial charge < -0.3 is 10.1 Å². The molecule has 1 N–H and O–H groups in total. The molecule has 0 fully saturated rings. The molecule has 5 nitrogen and oxygen atoms in total. The van der Waals surface area contributed by atoms with Crippen LogP contribution in [0.5, 0.6) is 5.88 Å². The molecule has 1 aromatic rings. The molecule has 5 heteroatoms. The maximum absolute atomic E-state index is 12.3. The molecule has 1 amide bonds. The molecule has 1 rings (SSSR count). The number of carbonyl (C=O) groups excluding carboxylic acids is 1. The Morgan fingerprint density at radius 3 is 2.83 bits per heavy atom. The van der Waals surface area contributed by atoms with Crippen molar-refractivity contribution in [2.75, 3.05) is 7.11 Å². The van der Waals surface area contributed by atoms with E-state index in [1.165, 1.54) is 13.2 Å². The highest BCUT2D eigenvalue weighted by molar-refractivity contribution is 6.02. The number of hydrogen-bond acceptors (Lipinski definition) is 4. The molecular formula is C18H19N3O2. The minimum atomic E-state index is -0.484. The minimum Gasteiger partial charge on any atom is -0.481 e. The van der Waals surface area contributed by atoms with Gasteiger partial charge in [-0.25, -0.2) is 4.98 Å². The van der Waals surface area contributed by atoms with Crippen molar-refractivity contribution in [3.8, 4) is 11.9 Å². The van der Waals surface area contributed by atoms with Crippen LogP contribution < -0.4 is 10.1 Å². The van der Waals surface area contributed by atoms with Crippen LogP contribution in [0.3, 0.4) is 0 Å². The third kappa shape index (κ3) is 4.97. The lowest BCUT2D eigenvalue weighted by atomic mass is 10.1. The zero-order valence-corrected chi connectivity index (χ0v) is 13.2. The van der Waals surface area contributed by atoms with Crippen molar-refractivity contribution in [2.24, 2.45) is 0 Å². The Morgan fingerprint density at radius 1 is 1.52 bits per heavy atom. The summed E-state index contributed by atoms with van der Waals surface area (Å²) < 4.78 is 5.11. The first-order valence-electron chi connectivity index (χ1n) is 6.94. The molecule has 118 valence electrons. The molecule has 0 aliphatic heterocycles. The van der Waals surface area contributed by atoms with Gasteiger partial charge in [0.2, 0.25) is 5.88 Å². The van der Waals surface area contributed by atoms with E-state index in [2.05, 4.69) is 23.5 Å².